The number of alkyl halides is 3. The molecule has 1 atom stereocenters. The number of rotatable bonds is 2. The topological polar surface area (TPSA) is 12.0 Å². The Labute approximate surface area is 90.0 Å². The van der Waals surface area contributed by atoms with Crippen LogP contribution in [0.4, 0.5) is 17.6 Å². The van der Waals surface area contributed by atoms with E-state index in [1.165, 1.54) is 0 Å². The quantitative estimate of drug-likeness (QED) is 0.596. The van der Waals surface area contributed by atoms with Crippen molar-refractivity contribution < 1.29 is 17.6 Å². The largest absolute Gasteiger partial charge is 0.416 e. The molecule has 0 radical (unpaired) electrons. The standard InChI is InChI=1S/C9H9F4NS/c1-5(14-15)6-2-7(9(11,12)13)4-8(10)3-6/h2-5,14-15H,1H3/t5-/m1/s1. The third kappa shape index (κ3) is 3.10. The lowest BCUT2D eigenvalue weighted by Gasteiger charge is -2.13. The SMILES string of the molecule is C[C@@H](NS)c1cc(F)cc(C(F)(F)F)c1. The predicted octanol–water partition coefficient (Wildman–Crippen LogP) is 3.34. The summed E-state index contributed by atoms with van der Waals surface area (Å²) in [5, 5.41) is 0. The fraction of sp³-hybridized carbons (Fsp3) is 0.333. The van der Waals surface area contributed by atoms with Gasteiger partial charge in [0.05, 0.1) is 5.56 Å². The summed E-state index contributed by atoms with van der Waals surface area (Å²) in [5.41, 5.74) is -0.787. The predicted molar refractivity (Wildman–Crippen MR) is 51.9 cm³/mol. The van der Waals surface area contributed by atoms with E-state index in [0.717, 1.165) is 12.1 Å². The fourth-order valence-corrected chi connectivity index (χ4v) is 1.25. The van der Waals surface area contributed by atoms with E-state index in [1.54, 1.807) is 6.92 Å². The molecule has 0 heterocycles. The molecule has 84 valence electrons. The number of nitrogens with one attached hydrogen (secondary N) is 1. The van der Waals surface area contributed by atoms with Gasteiger partial charge in [0.1, 0.15) is 5.82 Å². The van der Waals surface area contributed by atoms with Gasteiger partial charge >= 0.3 is 6.18 Å². The Balaban J connectivity index is 3.17. The van der Waals surface area contributed by atoms with Crippen molar-refractivity contribution in [1.82, 2.24) is 4.72 Å². The molecule has 1 N–H and O–H groups in total. The monoisotopic (exact) mass is 239 g/mol. The van der Waals surface area contributed by atoms with Crippen LogP contribution < -0.4 is 4.72 Å². The Morgan fingerprint density at radius 2 is 1.87 bits per heavy atom. The van der Waals surface area contributed by atoms with Gasteiger partial charge in [-0.25, -0.2) is 4.39 Å². The Morgan fingerprint density at radius 1 is 1.27 bits per heavy atom. The van der Waals surface area contributed by atoms with E-state index in [2.05, 4.69) is 17.5 Å². The van der Waals surface area contributed by atoms with Crippen molar-refractivity contribution in [2.45, 2.75) is 19.1 Å². The first kappa shape index (κ1) is 12.3. The molecule has 0 saturated heterocycles. The van der Waals surface area contributed by atoms with Crippen LogP contribution in [-0.2, 0) is 6.18 Å². The van der Waals surface area contributed by atoms with E-state index < -0.39 is 23.6 Å². The zero-order valence-corrected chi connectivity index (χ0v) is 8.66. The van der Waals surface area contributed by atoms with Gasteiger partial charge in [-0.15, -0.1) is 0 Å². The van der Waals surface area contributed by atoms with Gasteiger partial charge in [0.2, 0.25) is 0 Å². The molecular formula is C9H9F4NS. The molecule has 1 nitrogen and oxygen atoms in total. The zero-order valence-electron chi connectivity index (χ0n) is 7.77. The summed E-state index contributed by atoms with van der Waals surface area (Å²) >= 11 is 3.71. The van der Waals surface area contributed by atoms with Crippen LogP contribution in [0.1, 0.15) is 24.1 Å². The number of thiol groups is 1. The number of hydrogen-bond donors (Lipinski definition) is 2. The van der Waals surface area contributed by atoms with Crippen molar-refractivity contribution in [1.29, 1.82) is 0 Å². The molecule has 6 heteroatoms. The van der Waals surface area contributed by atoms with Gasteiger partial charge in [-0.3, -0.25) is 4.72 Å². The molecule has 1 aromatic carbocycles. The third-order valence-corrected chi connectivity index (χ3v) is 2.33. The lowest BCUT2D eigenvalue weighted by molar-refractivity contribution is -0.137. The van der Waals surface area contributed by atoms with Crippen molar-refractivity contribution in [3.8, 4) is 0 Å². The molecule has 0 aromatic heterocycles. The molecule has 1 rings (SSSR count). The zero-order chi connectivity index (χ0) is 11.6. The van der Waals surface area contributed by atoms with Crippen molar-refractivity contribution >= 4 is 12.8 Å². The van der Waals surface area contributed by atoms with Crippen LogP contribution in [0.2, 0.25) is 0 Å². The third-order valence-electron chi connectivity index (χ3n) is 1.94. The van der Waals surface area contributed by atoms with E-state index in [-0.39, 0.29) is 5.56 Å². The lowest BCUT2D eigenvalue weighted by Crippen LogP contribution is -2.11. The number of benzene rings is 1. The summed E-state index contributed by atoms with van der Waals surface area (Å²) in [5.74, 6) is -0.907. The second-order valence-electron chi connectivity index (χ2n) is 3.12. The lowest BCUT2D eigenvalue weighted by atomic mass is 10.1. The van der Waals surface area contributed by atoms with E-state index >= 15 is 0 Å². The molecule has 0 aliphatic heterocycles. The summed E-state index contributed by atoms with van der Waals surface area (Å²) in [6, 6.07) is 1.96. The molecule has 0 aliphatic carbocycles. The maximum absolute atomic E-state index is 12.9. The molecule has 1 aromatic rings. The Hall–Kier alpha value is -0.750. The first-order chi connectivity index (χ1) is 6.84. The molecular weight excluding hydrogens is 230 g/mol. The van der Waals surface area contributed by atoms with Gasteiger partial charge in [0.25, 0.3) is 0 Å². The van der Waals surface area contributed by atoms with Crippen LogP contribution in [0, 0.1) is 5.82 Å². The summed E-state index contributed by atoms with van der Waals surface area (Å²) in [4.78, 5) is 0. The minimum Gasteiger partial charge on any atom is -0.260 e. The van der Waals surface area contributed by atoms with Crippen LogP contribution in [0.5, 0.6) is 0 Å². The van der Waals surface area contributed by atoms with Crippen LogP contribution in [0.3, 0.4) is 0 Å². The molecule has 0 aliphatic rings. The summed E-state index contributed by atoms with van der Waals surface area (Å²) in [7, 11) is 0. The highest BCUT2D eigenvalue weighted by atomic mass is 32.1. The second kappa shape index (κ2) is 4.40. The average molecular weight is 239 g/mol. The Kier molecular flexibility index (Phi) is 3.62. The fourth-order valence-electron chi connectivity index (χ4n) is 1.10. The molecule has 0 fully saturated rings. The van der Waals surface area contributed by atoms with Crippen molar-refractivity contribution in [3.63, 3.8) is 0 Å². The molecule has 0 spiro atoms. The minimum absolute atomic E-state index is 0.206. The summed E-state index contributed by atoms with van der Waals surface area (Å²) in [6.07, 6.45) is -4.53. The first-order valence-electron chi connectivity index (χ1n) is 4.12. The maximum Gasteiger partial charge on any atom is 0.416 e. The van der Waals surface area contributed by atoms with Gasteiger partial charge < -0.3 is 0 Å². The van der Waals surface area contributed by atoms with Gasteiger partial charge in [-0.1, -0.05) is 12.8 Å². The number of halogens is 4. The molecule has 0 saturated carbocycles. The van der Waals surface area contributed by atoms with Crippen LogP contribution in [-0.4, -0.2) is 0 Å². The van der Waals surface area contributed by atoms with Crippen molar-refractivity contribution in [2.24, 2.45) is 0 Å². The van der Waals surface area contributed by atoms with Crippen molar-refractivity contribution in [2.75, 3.05) is 0 Å². The first-order valence-corrected chi connectivity index (χ1v) is 4.56. The smallest absolute Gasteiger partial charge is 0.260 e. The number of hydrogen-bond acceptors (Lipinski definition) is 2. The Morgan fingerprint density at radius 3 is 2.33 bits per heavy atom. The highest BCUT2D eigenvalue weighted by molar-refractivity contribution is 7.78. The van der Waals surface area contributed by atoms with Crippen LogP contribution in [0.15, 0.2) is 18.2 Å². The molecule has 0 bridgehead atoms. The second-order valence-corrected chi connectivity index (χ2v) is 3.38. The van der Waals surface area contributed by atoms with E-state index in [9.17, 15) is 17.6 Å². The van der Waals surface area contributed by atoms with Crippen LogP contribution in [0.25, 0.3) is 0 Å². The summed E-state index contributed by atoms with van der Waals surface area (Å²) in [6.45, 7) is 1.59. The van der Waals surface area contributed by atoms with Gasteiger partial charge in [0, 0.05) is 6.04 Å². The summed E-state index contributed by atoms with van der Waals surface area (Å²) < 4.78 is 52.3. The van der Waals surface area contributed by atoms with Gasteiger partial charge in [-0.05, 0) is 30.7 Å². The average Bonchev–Trinajstić information content (AvgIpc) is 2.14. The van der Waals surface area contributed by atoms with Crippen LogP contribution >= 0.6 is 12.8 Å². The normalized spacial score (nSPS) is 14.0. The molecule has 0 amide bonds. The van der Waals surface area contributed by atoms with E-state index in [0.29, 0.717) is 6.07 Å². The highest BCUT2D eigenvalue weighted by Gasteiger charge is 2.31. The van der Waals surface area contributed by atoms with Gasteiger partial charge in [-0.2, -0.15) is 13.2 Å². The minimum atomic E-state index is -4.53. The van der Waals surface area contributed by atoms with Gasteiger partial charge in [0.15, 0.2) is 0 Å². The molecule has 15 heavy (non-hydrogen) atoms. The van der Waals surface area contributed by atoms with E-state index in [1.807, 2.05) is 0 Å². The van der Waals surface area contributed by atoms with E-state index in [4.69, 9.17) is 0 Å². The Bertz CT molecular complexity index is 350. The molecule has 0 unspecified atom stereocenters. The maximum atomic E-state index is 12.9. The highest BCUT2D eigenvalue weighted by Crippen LogP contribution is 2.31. The van der Waals surface area contributed by atoms with Crippen molar-refractivity contribution in [3.05, 3.63) is 35.1 Å².